The van der Waals surface area contributed by atoms with Gasteiger partial charge in [-0.2, -0.15) is 0 Å². The summed E-state index contributed by atoms with van der Waals surface area (Å²) in [5, 5.41) is 0. The van der Waals surface area contributed by atoms with Crippen molar-refractivity contribution in [3.05, 3.63) is 71.4 Å². The molecule has 2 aromatic rings. The van der Waals surface area contributed by atoms with E-state index in [0.29, 0.717) is 17.9 Å². The molecular formula is C25H29N3O3. The van der Waals surface area contributed by atoms with Gasteiger partial charge < -0.3 is 14.5 Å². The van der Waals surface area contributed by atoms with Crippen molar-refractivity contribution in [2.45, 2.75) is 19.9 Å². The molecule has 6 nitrogen and oxygen atoms in total. The summed E-state index contributed by atoms with van der Waals surface area (Å²) in [6.07, 6.45) is 0.932. The Labute approximate surface area is 183 Å². The van der Waals surface area contributed by atoms with Gasteiger partial charge in [-0.15, -0.1) is 0 Å². The number of rotatable bonds is 7. The first kappa shape index (κ1) is 21.1. The predicted octanol–water partition coefficient (Wildman–Crippen LogP) is 3.00. The molecule has 6 heteroatoms. The standard InChI is InChI=1S/C25H29N3O3/c1-3-17-31-21-11-9-20(10-12-21)22-23(27-15-13-26(2)14-16-27)25(30)28(24(22)29)18-19-7-5-4-6-8-19/h4-12H,3,13-18H2,1-2H3. The Morgan fingerprint density at radius 1 is 0.871 bits per heavy atom. The number of carbonyl (C=O) groups excluding carboxylic acids is 2. The maximum atomic E-state index is 13.5. The molecule has 0 saturated carbocycles. The lowest BCUT2D eigenvalue weighted by molar-refractivity contribution is -0.138. The lowest BCUT2D eigenvalue weighted by Crippen LogP contribution is -2.46. The Morgan fingerprint density at radius 3 is 2.19 bits per heavy atom. The van der Waals surface area contributed by atoms with E-state index in [4.69, 9.17) is 4.74 Å². The molecule has 31 heavy (non-hydrogen) atoms. The van der Waals surface area contributed by atoms with Crippen molar-refractivity contribution in [1.82, 2.24) is 14.7 Å². The molecule has 0 unspecified atom stereocenters. The van der Waals surface area contributed by atoms with Crippen LogP contribution >= 0.6 is 0 Å². The molecule has 0 radical (unpaired) electrons. The summed E-state index contributed by atoms with van der Waals surface area (Å²) < 4.78 is 5.68. The van der Waals surface area contributed by atoms with E-state index in [2.05, 4.69) is 23.8 Å². The first-order valence-corrected chi connectivity index (χ1v) is 10.9. The molecule has 2 amide bonds. The molecule has 0 bridgehead atoms. The third kappa shape index (κ3) is 4.49. The highest BCUT2D eigenvalue weighted by molar-refractivity contribution is 6.35. The number of hydrogen-bond donors (Lipinski definition) is 0. The molecular weight excluding hydrogens is 390 g/mol. The molecule has 2 heterocycles. The summed E-state index contributed by atoms with van der Waals surface area (Å²) in [7, 11) is 2.07. The van der Waals surface area contributed by atoms with Crippen LogP contribution < -0.4 is 4.74 Å². The maximum Gasteiger partial charge on any atom is 0.278 e. The fraction of sp³-hybridized carbons (Fsp3) is 0.360. The molecule has 162 valence electrons. The molecule has 4 rings (SSSR count). The van der Waals surface area contributed by atoms with Crippen LogP contribution in [-0.2, 0) is 16.1 Å². The SMILES string of the molecule is CCCOc1ccc(C2=C(N3CCN(C)CC3)C(=O)N(Cc3ccccc3)C2=O)cc1. The van der Waals surface area contributed by atoms with E-state index >= 15 is 0 Å². The first-order chi connectivity index (χ1) is 15.1. The van der Waals surface area contributed by atoms with Gasteiger partial charge in [-0.1, -0.05) is 49.4 Å². The second-order valence-corrected chi connectivity index (χ2v) is 8.07. The molecule has 0 atom stereocenters. The van der Waals surface area contributed by atoms with Crippen molar-refractivity contribution in [2.75, 3.05) is 39.8 Å². The predicted molar refractivity (Wildman–Crippen MR) is 120 cm³/mol. The van der Waals surface area contributed by atoms with Crippen LogP contribution in [0.2, 0.25) is 0 Å². The Kier molecular flexibility index (Phi) is 6.37. The van der Waals surface area contributed by atoms with Gasteiger partial charge in [-0.25, -0.2) is 0 Å². The van der Waals surface area contributed by atoms with Crippen LogP contribution in [0, 0.1) is 0 Å². The minimum atomic E-state index is -0.231. The van der Waals surface area contributed by atoms with Gasteiger partial charge in [0.1, 0.15) is 11.4 Å². The van der Waals surface area contributed by atoms with Crippen LogP contribution in [0.1, 0.15) is 24.5 Å². The Morgan fingerprint density at radius 2 is 1.55 bits per heavy atom. The molecule has 0 aliphatic carbocycles. The largest absolute Gasteiger partial charge is 0.494 e. The van der Waals surface area contributed by atoms with Crippen molar-refractivity contribution in [3.63, 3.8) is 0 Å². The van der Waals surface area contributed by atoms with Crippen LogP contribution in [0.3, 0.4) is 0 Å². The molecule has 0 N–H and O–H groups in total. The normalized spacial score (nSPS) is 17.6. The second-order valence-electron chi connectivity index (χ2n) is 8.07. The van der Waals surface area contributed by atoms with E-state index in [-0.39, 0.29) is 18.4 Å². The number of likely N-dealkylation sites (N-methyl/N-ethyl adjacent to an activating group) is 1. The van der Waals surface area contributed by atoms with Gasteiger partial charge >= 0.3 is 0 Å². The van der Waals surface area contributed by atoms with Crippen LogP contribution in [0.4, 0.5) is 0 Å². The second kappa shape index (κ2) is 9.35. The van der Waals surface area contributed by atoms with Crippen LogP contribution in [0.25, 0.3) is 5.57 Å². The average molecular weight is 420 g/mol. The monoisotopic (exact) mass is 419 g/mol. The van der Waals surface area contributed by atoms with E-state index in [1.807, 2.05) is 54.6 Å². The number of imide groups is 1. The Hall–Kier alpha value is -3.12. The van der Waals surface area contributed by atoms with Crippen molar-refractivity contribution in [1.29, 1.82) is 0 Å². The minimum Gasteiger partial charge on any atom is -0.494 e. The molecule has 0 aromatic heterocycles. The van der Waals surface area contributed by atoms with Crippen molar-refractivity contribution >= 4 is 17.4 Å². The van der Waals surface area contributed by atoms with Crippen molar-refractivity contribution in [3.8, 4) is 5.75 Å². The third-order valence-corrected chi connectivity index (χ3v) is 5.76. The number of piperazine rings is 1. The highest BCUT2D eigenvalue weighted by atomic mass is 16.5. The number of benzene rings is 2. The summed E-state index contributed by atoms with van der Waals surface area (Å²) in [6, 6.07) is 17.2. The highest BCUT2D eigenvalue weighted by Gasteiger charge is 2.41. The fourth-order valence-electron chi connectivity index (χ4n) is 3.99. The first-order valence-electron chi connectivity index (χ1n) is 10.9. The zero-order chi connectivity index (χ0) is 21.8. The quantitative estimate of drug-likeness (QED) is 0.646. The van der Waals surface area contributed by atoms with E-state index < -0.39 is 0 Å². The van der Waals surface area contributed by atoms with Gasteiger partial charge in [0.2, 0.25) is 0 Å². The van der Waals surface area contributed by atoms with Crippen LogP contribution in [-0.4, -0.2) is 66.3 Å². The van der Waals surface area contributed by atoms with Crippen molar-refractivity contribution < 1.29 is 14.3 Å². The zero-order valence-electron chi connectivity index (χ0n) is 18.2. The summed E-state index contributed by atoms with van der Waals surface area (Å²) in [5.74, 6) is 0.329. The molecule has 2 aliphatic heterocycles. The van der Waals surface area contributed by atoms with Gasteiger partial charge in [0, 0.05) is 26.2 Å². The van der Waals surface area contributed by atoms with Crippen LogP contribution in [0.5, 0.6) is 5.75 Å². The smallest absolute Gasteiger partial charge is 0.278 e. The van der Waals surface area contributed by atoms with Crippen molar-refractivity contribution in [2.24, 2.45) is 0 Å². The van der Waals surface area contributed by atoms with Gasteiger partial charge in [0.05, 0.1) is 18.7 Å². The topological polar surface area (TPSA) is 53.1 Å². The number of hydrogen-bond acceptors (Lipinski definition) is 5. The molecule has 0 spiro atoms. The number of nitrogens with zero attached hydrogens (tertiary/aromatic N) is 3. The molecule has 1 fully saturated rings. The zero-order valence-corrected chi connectivity index (χ0v) is 18.2. The van der Waals surface area contributed by atoms with Gasteiger partial charge in [0.25, 0.3) is 11.8 Å². The van der Waals surface area contributed by atoms with E-state index in [0.717, 1.165) is 49.5 Å². The summed E-state index contributed by atoms with van der Waals surface area (Å²) >= 11 is 0. The molecule has 2 aromatic carbocycles. The molecule has 2 aliphatic rings. The summed E-state index contributed by atoms with van der Waals surface area (Å²) in [4.78, 5) is 32.6. The lowest BCUT2D eigenvalue weighted by atomic mass is 10.0. The Bertz CT molecular complexity index is 961. The highest BCUT2D eigenvalue weighted by Crippen LogP contribution is 2.33. The summed E-state index contributed by atoms with van der Waals surface area (Å²) in [6.45, 7) is 6.16. The number of ether oxygens (including phenoxy) is 1. The maximum absolute atomic E-state index is 13.5. The third-order valence-electron chi connectivity index (χ3n) is 5.76. The van der Waals surface area contributed by atoms with Gasteiger partial charge in [-0.3, -0.25) is 14.5 Å². The van der Waals surface area contributed by atoms with Gasteiger partial charge in [-0.05, 0) is 36.7 Å². The summed E-state index contributed by atoms with van der Waals surface area (Å²) in [5.41, 5.74) is 2.71. The number of carbonyl (C=O) groups is 2. The molecule has 1 saturated heterocycles. The van der Waals surface area contributed by atoms with Crippen LogP contribution in [0.15, 0.2) is 60.3 Å². The van der Waals surface area contributed by atoms with E-state index in [1.54, 1.807) is 0 Å². The average Bonchev–Trinajstić information content (AvgIpc) is 3.04. The van der Waals surface area contributed by atoms with Gasteiger partial charge in [0.15, 0.2) is 0 Å². The fourth-order valence-corrected chi connectivity index (χ4v) is 3.99. The number of amides is 2. The Balaban J connectivity index is 1.67. The van der Waals surface area contributed by atoms with E-state index in [1.165, 1.54) is 4.90 Å². The minimum absolute atomic E-state index is 0.209. The van der Waals surface area contributed by atoms with E-state index in [9.17, 15) is 9.59 Å². The lowest BCUT2D eigenvalue weighted by Gasteiger charge is -2.34.